The molecule has 0 radical (unpaired) electrons. The van der Waals surface area contributed by atoms with Crippen molar-refractivity contribution in [2.75, 3.05) is 20.8 Å². The van der Waals surface area contributed by atoms with Crippen LogP contribution in [0, 0.1) is 0 Å². The number of hydrogen-bond acceptors (Lipinski definition) is 3. The molecule has 1 rings (SSSR count). The maximum atomic E-state index is 5.24. The molecule has 0 spiro atoms. The lowest BCUT2D eigenvalue weighted by Crippen LogP contribution is -2.18. The summed E-state index contributed by atoms with van der Waals surface area (Å²) in [7, 11) is 3.69. The summed E-state index contributed by atoms with van der Waals surface area (Å²) in [5.41, 5.74) is 1.22. The highest BCUT2D eigenvalue weighted by Gasteiger charge is 2.12. The van der Waals surface area contributed by atoms with Crippen LogP contribution in [0.1, 0.15) is 31.5 Å². The zero-order valence-electron chi connectivity index (χ0n) is 9.86. The number of ether oxygens (including phenoxy) is 1. The average molecular weight is 211 g/mol. The van der Waals surface area contributed by atoms with E-state index in [-0.39, 0.29) is 0 Å². The van der Waals surface area contributed by atoms with Crippen molar-refractivity contribution in [2.45, 2.75) is 32.4 Å². The Kier molecular flexibility index (Phi) is 5.36. The quantitative estimate of drug-likeness (QED) is 0.744. The van der Waals surface area contributed by atoms with Gasteiger partial charge in [-0.25, -0.2) is 4.98 Å². The van der Waals surface area contributed by atoms with E-state index in [0.717, 1.165) is 26.0 Å². The van der Waals surface area contributed by atoms with Gasteiger partial charge in [-0.05, 0) is 13.5 Å². The van der Waals surface area contributed by atoms with E-state index in [1.807, 2.05) is 19.6 Å². The number of nitrogens with zero attached hydrogens (tertiary/aromatic N) is 2. The van der Waals surface area contributed by atoms with Crippen molar-refractivity contribution in [3.63, 3.8) is 0 Å². The number of hydrogen-bond donors (Lipinski definition) is 1. The fourth-order valence-corrected chi connectivity index (χ4v) is 1.81. The Morgan fingerprint density at radius 2 is 2.40 bits per heavy atom. The third-order valence-corrected chi connectivity index (χ3v) is 2.48. The Labute approximate surface area is 91.7 Å². The standard InChI is InChI=1S/C11H21N3O/c1-4-5-10(8-15-3)14-9-13-7-11(14)6-12-2/h7,9-10,12H,4-6,8H2,1-3H3. The highest BCUT2D eigenvalue weighted by atomic mass is 16.5. The Bertz CT molecular complexity index is 267. The fourth-order valence-electron chi connectivity index (χ4n) is 1.81. The molecule has 0 saturated carbocycles. The van der Waals surface area contributed by atoms with Gasteiger partial charge in [0, 0.05) is 19.9 Å². The van der Waals surface area contributed by atoms with Gasteiger partial charge in [0.05, 0.1) is 24.7 Å². The van der Waals surface area contributed by atoms with Crippen LogP contribution in [0.2, 0.25) is 0 Å². The molecule has 86 valence electrons. The van der Waals surface area contributed by atoms with E-state index in [0.29, 0.717) is 6.04 Å². The zero-order chi connectivity index (χ0) is 11.1. The minimum atomic E-state index is 0.408. The zero-order valence-corrected chi connectivity index (χ0v) is 9.86. The molecule has 15 heavy (non-hydrogen) atoms. The normalized spacial score (nSPS) is 13.0. The van der Waals surface area contributed by atoms with Crippen LogP contribution in [0.3, 0.4) is 0 Å². The molecule has 1 aromatic heterocycles. The van der Waals surface area contributed by atoms with E-state index in [1.54, 1.807) is 7.11 Å². The first-order valence-electron chi connectivity index (χ1n) is 5.47. The van der Waals surface area contributed by atoms with Crippen molar-refractivity contribution >= 4 is 0 Å². The summed E-state index contributed by atoms with van der Waals surface area (Å²) < 4.78 is 7.46. The molecule has 0 aliphatic rings. The molecule has 1 aromatic rings. The number of rotatable bonds is 7. The van der Waals surface area contributed by atoms with Crippen molar-refractivity contribution in [3.8, 4) is 0 Å². The van der Waals surface area contributed by atoms with Gasteiger partial charge in [0.25, 0.3) is 0 Å². The Morgan fingerprint density at radius 1 is 1.60 bits per heavy atom. The minimum Gasteiger partial charge on any atom is -0.383 e. The van der Waals surface area contributed by atoms with E-state index in [9.17, 15) is 0 Å². The summed E-state index contributed by atoms with van der Waals surface area (Å²) in [6, 6.07) is 0.408. The first-order valence-corrected chi connectivity index (χ1v) is 5.47. The molecule has 0 aliphatic heterocycles. The van der Waals surface area contributed by atoms with E-state index < -0.39 is 0 Å². The summed E-state index contributed by atoms with van der Waals surface area (Å²) in [6.07, 6.45) is 6.09. The first kappa shape index (κ1) is 12.2. The van der Waals surface area contributed by atoms with Gasteiger partial charge in [0.1, 0.15) is 0 Å². The third-order valence-electron chi connectivity index (χ3n) is 2.48. The molecule has 1 atom stereocenters. The van der Waals surface area contributed by atoms with Gasteiger partial charge in [-0.15, -0.1) is 0 Å². The SMILES string of the molecule is CCCC(COC)n1cncc1CNC. The molecule has 1 heterocycles. The lowest BCUT2D eigenvalue weighted by Gasteiger charge is -2.19. The van der Waals surface area contributed by atoms with Crippen molar-refractivity contribution < 1.29 is 4.74 Å². The van der Waals surface area contributed by atoms with Crippen molar-refractivity contribution in [1.82, 2.24) is 14.9 Å². The van der Waals surface area contributed by atoms with Crippen molar-refractivity contribution in [1.29, 1.82) is 0 Å². The van der Waals surface area contributed by atoms with Crippen LogP contribution in [0.5, 0.6) is 0 Å². The largest absolute Gasteiger partial charge is 0.383 e. The number of imidazole rings is 1. The molecule has 4 heteroatoms. The minimum absolute atomic E-state index is 0.408. The second-order valence-electron chi connectivity index (χ2n) is 3.72. The van der Waals surface area contributed by atoms with Crippen LogP contribution in [0.25, 0.3) is 0 Å². The maximum absolute atomic E-state index is 5.24. The average Bonchev–Trinajstić information content (AvgIpc) is 2.66. The van der Waals surface area contributed by atoms with Gasteiger partial charge in [-0.1, -0.05) is 13.3 Å². The van der Waals surface area contributed by atoms with Gasteiger partial charge in [0.15, 0.2) is 0 Å². The van der Waals surface area contributed by atoms with E-state index in [1.165, 1.54) is 5.69 Å². The van der Waals surface area contributed by atoms with Crippen LogP contribution in [-0.2, 0) is 11.3 Å². The molecule has 0 aliphatic carbocycles. The highest BCUT2D eigenvalue weighted by molar-refractivity contribution is 5.00. The second kappa shape index (κ2) is 6.58. The summed E-state index contributed by atoms with van der Waals surface area (Å²) >= 11 is 0. The molecule has 4 nitrogen and oxygen atoms in total. The highest BCUT2D eigenvalue weighted by Crippen LogP contribution is 2.16. The van der Waals surface area contributed by atoms with Crippen molar-refractivity contribution in [2.24, 2.45) is 0 Å². The Hall–Kier alpha value is -0.870. The summed E-state index contributed by atoms with van der Waals surface area (Å²) in [4.78, 5) is 4.19. The lowest BCUT2D eigenvalue weighted by atomic mass is 10.1. The Morgan fingerprint density at radius 3 is 3.00 bits per heavy atom. The van der Waals surface area contributed by atoms with Gasteiger partial charge in [-0.2, -0.15) is 0 Å². The maximum Gasteiger partial charge on any atom is 0.0952 e. The molecule has 0 saturated heterocycles. The Balaban J connectivity index is 2.74. The van der Waals surface area contributed by atoms with E-state index in [4.69, 9.17) is 4.74 Å². The van der Waals surface area contributed by atoms with E-state index in [2.05, 4.69) is 21.8 Å². The fraction of sp³-hybridized carbons (Fsp3) is 0.727. The molecule has 1 N–H and O–H groups in total. The topological polar surface area (TPSA) is 39.1 Å². The monoisotopic (exact) mass is 211 g/mol. The summed E-state index contributed by atoms with van der Waals surface area (Å²) in [5, 5.41) is 3.15. The van der Waals surface area contributed by atoms with Crippen LogP contribution in [0.4, 0.5) is 0 Å². The molecule has 0 fully saturated rings. The lowest BCUT2D eigenvalue weighted by molar-refractivity contribution is 0.149. The third kappa shape index (κ3) is 3.32. The molecular formula is C11H21N3O. The predicted molar refractivity (Wildman–Crippen MR) is 60.8 cm³/mol. The van der Waals surface area contributed by atoms with Crippen LogP contribution >= 0.6 is 0 Å². The summed E-state index contributed by atoms with van der Waals surface area (Å²) in [5.74, 6) is 0. The number of nitrogens with one attached hydrogen (secondary N) is 1. The van der Waals surface area contributed by atoms with Crippen LogP contribution in [0.15, 0.2) is 12.5 Å². The van der Waals surface area contributed by atoms with Gasteiger partial charge >= 0.3 is 0 Å². The van der Waals surface area contributed by atoms with Gasteiger partial charge < -0.3 is 14.6 Å². The first-order chi connectivity index (χ1) is 7.33. The molecule has 0 bridgehead atoms. The smallest absolute Gasteiger partial charge is 0.0952 e. The predicted octanol–water partition coefficient (Wildman–Crippen LogP) is 1.59. The van der Waals surface area contributed by atoms with Crippen molar-refractivity contribution in [3.05, 3.63) is 18.2 Å². The molecular weight excluding hydrogens is 190 g/mol. The number of aromatic nitrogens is 2. The van der Waals surface area contributed by atoms with Crippen LogP contribution in [-0.4, -0.2) is 30.3 Å². The molecule has 0 aromatic carbocycles. The summed E-state index contributed by atoms with van der Waals surface area (Å²) in [6.45, 7) is 3.79. The van der Waals surface area contributed by atoms with Gasteiger partial charge in [0.2, 0.25) is 0 Å². The van der Waals surface area contributed by atoms with E-state index >= 15 is 0 Å². The second-order valence-corrected chi connectivity index (χ2v) is 3.72. The van der Waals surface area contributed by atoms with Gasteiger partial charge in [-0.3, -0.25) is 0 Å². The number of methoxy groups -OCH3 is 1. The molecule has 0 amide bonds. The van der Waals surface area contributed by atoms with Crippen LogP contribution < -0.4 is 5.32 Å². The molecule has 1 unspecified atom stereocenters.